The molecule has 2 aromatic rings. The van der Waals surface area contributed by atoms with Crippen LogP contribution < -0.4 is 0 Å². The van der Waals surface area contributed by atoms with Crippen LogP contribution in [-0.2, 0) is 5.41 Å². The van der Waals surface area contributed by atoms with E-state index in [0.29, 0.717) is 11.5 Å². The van der Waals surface area contributed by atoms with Crippen molar-refractivity contribution >= 4 is 0 Å². The second-order valence-electron chi connectivity index (χ2n) is 7.74. The van der Waals surface area contributed by atoms with E-state index in [1.54, 1.807) is 12.1 Å². The molecule has 23 heavy (non-hydrogen) atoms. The van der Waals surface area contributed by atoms with Gasteiger partial charge >= 0.3 is 0 Å². The molecule has 0 unspecified atom stereocenters. The predicted molar refractivity (Wildman–Crippen MR) is 95.2 cm³/mol. The Kier molecular flexibility index (Phi) is 4.57. The number of rotatable bonds is 2. The molecule has 1 heteroatoms. The van der Waals surface area contributed by atoms with Crippen molar-refractivity contribution in [1.82, 2.24) is 0 Å². The van der Waals surface area contributed by atoms with Crippen LogP contribution in [0.4, 0.5) is 4.39 Å². The standard InChI is InChI=1S/C22H26F/c1-22(2,3)19-14-9-13-18(17-12-7-8-15-20(17)23)21(19)16-10-5-4-6-11-16/h7-9,12,14-16H,4-6,10-11H2,1-3H3. The van der Waals surface area contributed by atoms with Crippen molar-refractivity contribution in [2.75, 3.05) is 0 Å². The number of hydrogen-bond donors (Lipinski definition) is 0. The molecule has 3 rings (SSSR count). The summed E-state index contributed by atoms with van der Waals surface area (Å²) < 4.78 is 14.4. The Balaban J connectivity index is 2.21. The van der Waals surface area contributed by atoms with Gasteiger partial charge in [0.15, 0.2) is 0 Å². The van der Waals surface area contributed by atoms with Crippen LogP contribution in [0.2, 0.25) is 0 Å². The molecule has 0 heterocycles. The Hall–Kier alpha value is -1.63. The lowest BCUT2D eigenvalue weighted by atomic mass is 9.73. The van der Waals surface area contributed by atoms with Crippen molar-refractivity contribution in [1.29, 1.82) is 0 Å². The number of benzene rings is 2. The third-order valence-electron chi connectivity index (χ3n) is 5.00. The lowest BCUT2D eigenvalue weighted by molar-refractivity contribution is 0.435. The molecule has 0 bridgehead atoms. The minimum absolute atomic E-state index is 0.0574. The lowest BCUT2D eigenvalue weighted by Gasteiger charge is -2.32. The second-order valence-corrected chi connectivity index (χ2v) is 7.74. The van der Waals surface area contributed by atoms with E-state index in [9.17, 15) is 4.39 Å². The molecule has 1 saturated carbocycles. The fourth-order valence-corrected chi connectivity index (χ4v) is 3.87. The van der Waals surface area contributed by atoms with Crippen molar-refractivity contribution in [2.24, 2.45) is 0 Å². The summed E-state index contributed by atoms with van der Waals surface area (Å²) in [5, 5.41) is 0. The molecule has 1 radical (unpaired) electrons. The average molecular weight is 309 g/mol. The molecule has 0 saturated heterocycles. The maximum atomic E-state index is 14.4. The van der Waals surface area contributed by atoms with Crippen LogP contribution in [0.25, 0.3) is 11.1 Å². The van der Waals surface area contributed by atoms with E-state index in [1.807, 2.05) is 18.2 Å². The molecule has 0 aliphatic heterocycles. The van der Waals surface area contributed by atoms with Gasteiger partial charge in [-0.25, -0.2) is 4.39 Å². The fraction of sp³-hybridized carbons (Fsp3) is 0.455. The molecule has 2 aromatic carbocycles. The summed E-state index contributed by atoms with van der Waals surface area (Å²) in [7, 11) is 0. The summed E-state index contributed by atoms with van der Waals surface area (Å²) in [6.07, 6.45) is 6.30. The molecule has 0 aromatic heterocycles. The fourth-order valence-electron chi connectivity index (χ4n) is 3.87. The summed E-state index contributed by atoms with van der Waals surface area (Å²) in [6.45, 7) is 6.75. The summed E-state index contributed by atoms with van der Waals surface area (Å²) in [4.78, 5) is 0. The molecule has 0 N–H and O–H groups in total. The normalized spacial score (nSPS) is 16.5. The van der Waals surface area contributed by atoms with E-state index >= 15 is 0 Å². The van der Waals surface area contributed by atoms with Gasteiger partial charge in [0, 0.05) is 5.56 Å². The van der Waals surface area contributed by atoms with E-state index < -0.39 is 0 Å². The Morgan fingerprint density at radius 1 is 1.00 bits per heavy atom. The van der Waals surface area contributed by atoms with E-state index in [4.69, 9.17) is 0 Å². The molecule has 0 amide bonds. The van der Waals surface area contributed by atoms with Crippen LogP contribution in [0, 0.1) is 11.9 Å². The molecule has 1 aliphatic carbocycles. The third-order valence-corrected chi connectivity index (χ3v) is 5.00. The van der Waals surface area contributed by atoms with Crippen molar-refractivity contribution < 1.29 is 4.39 Å². The van der Waals surface area contributed by atoms with Crippen LogP contribution in [0.15, 0.2) is 36.4 Å². The third kappa shape index (κ3) is 3.34. The average Bonchev–Trinajstić information content (AvgIpc) is 2.55. The highest BCUT2D eigenvalue weighted by molar-refractivity contribution is 5.70. The Labute approximate surface area is 139 Å². The lowest BCUT2D eigenvalue weighted by Crippen LogP contribution is -2.18. The Morgan fingerprint density at radius 2 is 1.70 bits per heavy atom. The van der Waals surface area contributed by atoms with E-state index in [2.05, 4.69) is 32.9 Å². The van der Waals surface area contributed by atoms with Crippen LogP contribution >= 0.6 is 0 Å². The molecular formula is C22H26F. The molecule has 0 nitrogen and oxygen atoms in total. The highest BCUT2D eigenvalue weighted by Gasteiger charge is 2.27. The van der Waals surface area contributed by atoms with E-state index in [0.717, 1.165) is 5.56 Å². The van der Waals surface area contributed by atoms with Crippen LogP contribution in [0.5, 0.6) is 0 Å². The molecular weight excluding hydrogens is 283 g/mol. The van der Waals surface area contributed by atoms with Crippen molar-refractivity contribution in [2.45, 2.75) is 64.2 Å². The highest BCUT2D eigenvalue weighted by Crippen LogP contribution is 2.43. The minimum atomic E-state index is -0.146. The van der Waals surface area contributed by atoms with Gasteiger partial charge < -0.3 is 0 Å². The number of halogens is 1. The minimum Gasteiger partial charge on any atom is -0.206 e. The van der Waals surface area contributed by atoms with Gasteiger partial charge in [0.2, 0.25) is 0 Å². The van der Waals surface area contributed by atoms with Crippen LogP contribution in [-0.4, -0.2) is 0 Å². The topological polar surface area (TPSA) is 0 Å². The zero-order chi connectivity index (χ0) is 16.4. The van der Waals surface area contributed by atoms with E-state index in [1.165, 1.54) is 43.2 Å². The first-order chi connectivity index (χ1) is 11.0. The molecule has 1 fully saturated rings. The summed E-state index contributed by atoms with van der Waals surface area (Å²) >= 11 is 0. The summed E-state index contributed by atoms with van der Waals surface area (Å²) in [6, 6.07) is 14.6. The van der Waals surface area contributed by atoms with Gasteiger partial charge in [-0.3, -0.25) is 0 Å². The molecule has 121 valence electrons. The Morgan fingerprint density at radius 3 is 2.35 bits per heavy atom. The van der Waals surface area contributed by atoms with E-state index in [-0.39, 0.29) is 11.2 Å². The smallest absolute Gasteiger partial charge is 0.131 e. The first-order valence-electron chi connectivity index (χ1n) is 8.78. The highest BCUT2D eigenvalue weighted by atomic mass is 19.1. The Bertz CT molecular complexity index is 673. The zero-order valence-corrected chi connectivity index (χ0v) is 14.5. The predicted octanol–water partition coefficient (Wildman–Crippen LogP) is 6.64. The quantitative estimate of drug-likeness (QED) is 0.583. The van der Waals surface area contributed by atoms with Crippen LogP contribution in [0.1, 0.15) is 69.9 Å². The van der Waals surface area contributed by atoms with Gasteiger partial charge in [0.05, 0.1) is 0 Å². The van der Waals surface area contributed by atoms with Gasteiger partial charge in [-0.05, 0) is 53.0 Å². The van der Waals surface area contributed by atoms with Gasteiger partial charge in [-0.15, -0.1) is 0 Å². The second kappa shape index (κ2) is 6.47. The first-order valence-corrected chi connectivity index (χ1v) is 8.78. The molecule has 1 aliphatic rings. The van der Waals surface area contributed by atoms with Gasteiger partial charge in [0.25, 0.3) is 0 Å². The zero-order valence-electron chi connectivity index (χ0n) is 14.5. The van der Waals surface area contributed by atoms with Crippen molar-refractivity contribution in [3.63, 3.8) is 0 Å². The maximum absolute atomic E-state index is 14.4. The SMILES string of the molecule is CC(C)(C)c1cc[c]c(-c2ccccc2F)c1C1CCCCC1. The van der Waals surface area contributed by atoms with Gasteiger partial charge in [-0.1, -0.05) is 70.4 Å². The molecule has 0 spiro atoms. The van der Waals surface area contributed by atoms with Gasteiger partial charge in [0.1, 0.15) is 5.82 Å². The first kappa shape index (κ1) is 16.2. The van der Waals surface area contributed by atoms with Crippen LogP contribution in [0.3, 0.4) is 0 Å². The summed E-state index contributed by atoms with van der Waals surface area (Å²) in [5.74, 6) is 0.386. The number of hydrogen-bond acceptors (Lipinski definition) is 0. The maximum Gasteiger partial charge on any atom is 0.131 e. The van der Waals surface area contributed by atoms with Crippen molar-refractivity contribution in [3.8, 4) is 11.1 Å². The summed E-state index contributed by atoms with van der Waals surface area (Å²) in [5.41, 5.74) is 4.41. The van der Waals surface area contributed by atoms with Gasteiger partial charge in [-0.2, -0.15) is 0 Å². The van der Waals surface area contributed by atoms with Crippen molar-refractivity contribution in [3.05, 3.63) is 59.4 Å². The largest absolute Gasteiger partial charge is 0.206 e. The monoisotopic (exact) mass is 309 g/mol. The molecule has 0 atom stereocenters.